The van der Waals surface area contributed by atoms with Crippen LogP contribution in [0.15, 0.2) is 42.5 Å². The molecule has 1 aromatic heterocycles. The standard InChI is InChI=1S/C25H25FN4O3/c1-14(31)30-10-6-7-15(13-30)18-11-19(16-8-4-5-9-17(16)24(27)32)20-12-21(25(33)29(2)3)28-23(20)22(18)26/h4-5,7-9,11-12,28H,6,10,13H2,1-3H3,(H2,27,32). The van der Waals surface area contributed by atoms with Gasteiger partial charge in [-0.05, 0) is 41.3 Å². The minimum atomic E-state index is -0.607. The van der Waals surface area contributed by atoms with Crippen LogP contribution in [0.3, 0.4) is 0 Å². The summed E-state index contributed by atoms with van der Waals surface area (Å²) in [5.74, 6) is -1.51. The summed E-state index contributed by atoms with van der Waals surface area (Å²) in [6, 6.07) is 10.1. The molecule has 0 saturated heterocycles. The van der Waals surface area contributed by atoms with Crippen molar-refractivity contribution in [1.29, 1.82) is 0 Å². The van der Waals surface area contributed by atoms with E-state index in [1.165, 1.54) is 11.8 Å². The lowest BCUT2D eigenvalue weighted by molar-refractivity contribution is -0.128. The van der Waals surface area contributed by atoms with Crippen molar-refractivity contribution in [1.82, 2.24) is 14.8 Å². The number of H-pyrrole nitrogens is 1. The van der Waals surface area contributed by atoms with Crippen LogP contribution in [0.2, 0.25) is 0 Å². The number of benzene rings is 2. The zero-order valence-corrected chi connectivity index (χ0v) is 18.7. The lowest BCUT2D eigenvalue weighted by Crippen LogP contribution is -2.33. The number of primary amides is 1. The molecule has 7 nitrogen and oxygen atoms in total. The molecule has 170 valence electrons. The molecule has 1 aliphatic rings. The molecule has 3 aromatic rings. The lowest BCUT2D eigenvalue weighted by Gasteiger charge is -2.27. The molecular formula is C25H25FN4O3. The molecule has 8 heteroatoms. The number of nitrogens with two attached hydrogens (primary N) is 1. The van der Waals surface area contributed by atoms with Crippen LogP contribution in [-0.4, -0.2) is 59.7 Å². The van der Waals surface area contributed by atoms with Gasteiger partial charge in [0.05, 0.1) is 5.52 Å². The summed E-state index contributed by atoms with van der Waals surface area (Å²) in [5, 5.41) is 0.468. The molecule has 2 aromatic carbocycles. The van der Waals surface area contributed by atoms with Crippen molar-refractivity contribution in [2.45, 2.75) is 13.3 Å². The smallest absolute Gasteiger partial charge is 0.269 e. The summed E-state index contributed by atoms with van der Waals surface area (Å²) in [6.07, 6.45) is 2.52. The fourth-order valence-corrected chi connectivity index (χ4v) is 4.21. The Bertz CT molecular complexity index is 1320. The molecule has 0 saturated carbocycles. The summed E-state index contributed by atoms with van der Waals surface area (Å²) >= 11 is 0. The third-order valence-corrected chi connectivity index (χ3v) is 5.91. The third kappa shape index (κ3) is 4.00. The van der Waals surface area contributed by atoms with Crippen molar-refractivity contribution in [3.8, 4) is 11.1 Å². The van der Waals surface area contributed by atoms with E-state index < -0.39 is 11.7 Å². The molecule has 2 heterocycles. The van der Waals surface area contributed by atoms with E-state index in [0.29, 0.717) is 46.2 Å². The maximum absolute atomic E-state index is 15.8. The first kappa shape index (κ1) is 22.3. The molecule has 33 heavy (non-hydrogen) atoms. The van der Waals surface area contributed by atoms with Gasteiger partial charge in [-0.15, -0.1) is 0 Å². The average Bonchev–Trinajstić information content (AvgIpc) is 3.25. The van der Waals surface area contributed by atoms with E-state index in [1.807, 2.05) is 6.08 Å². The Hall–Kier alpha value is -3.94. The first-order valence-corrected chi connectivity index (χ1v) is 10.6. The highest BCUT2D eigenvalue weighted by molar-refractivity contribution is 6.08. The SMILES string of the molecule is CC(=O)N1CCC=C(c2cc(-c3ccccc3C(N)=O)c3cc(C(=O)N(C)C)[nH]c3c2F)C1. The molecule has 0 unspecified atom stereocenters. The van der Waals surface area contributed by atoms with Crippen molar-refractivity contribution in [3.05, 3.63) is 65.1 Å². The number of aromatic nitrogens is 1. The maximum atomic E-state index is 15.8. The fraction of sp³-hybridized carbons (Fsp3) is 0.240. The largest absolute Gasteiger partial charge is 0.366 e. The zero-order valence-electron chi connectivity index (χ0n) is 18.7. The second-order valence-electron chi connectivity index (χ2n) is 8.33. The van der Waals surface area contributed by atoms with E-state index in [4.69, 9.17) is 5.73 Å². The van der Waals surface area contributed by atoms with Crippen molar-refractivity contribution in [2.24, 2.45) is 5.73 Å². The zero-order chi connectivity index (χ0) is 23.9. The first-order chi connectivity index (χ1) is 15.7. The summed E-state index contributed by atoms with van der Waals surface area (Å²) in [6.45, 7) is 2.34. The van der Waals surface area contributed by atoms with E-state index in [-0.39, 0.29) is 29.6 Å². The van der Waals surface area contributed by atoms with E-state index in [0.717, 1.165) is 0 Å². The molecule has 3 N–H and O–H groups in total. The molecule has 0 spiro atoms. The van der Waals surface area contributed by atoms with Gasteiger partial charge in [-0.1, -0.05) is 24.3 Å². The summed E-state index contributed by atoms with van der Waals surface area (Å²) in [5.41, 5.74) is 8.39. The fourth-order valence-electron chi connectivity index (χ4n) is 4.21. The van der Waals surface area contributed by atoms with Crippen molar-refractivity contribution in [2.75, 3.05) is 27.2 Å². The third-order valence-electron chi connectivity index (χ3n) is 5.91. The van der Waals surface area contributed by atoms with E-state index in [2.05, 4.69) is 4.98 Å². The highest BCUT2D eigenvalue weighted by Gasteiger charge is 2.25. The number of hydrogen-bond acceptors (Lipinski definition) is 3. The van der Waals surface area contributed by atoms with Gasteiger partial charge in [0.1, 0.15) is 5.69 Å². The first-order valence-electron chi connectivity index (χ1n) is 10.6. The van der Waals surface area contributed by atoms with Crippen LogP contribution in [0, 0.1) is 5.82 Å². The summed E-state index contributed by atoms with van der Waals surface area (Å²) < 4.78 is 15.8. The number of aromatic amines is 1. The van der Waals surface area contributed by atoms with E-state index in [9.17, 15) is 14.4 Å². The van der Waals surface area contributed by atoms with Gasteiger partial charge >= 0.3 is 0 Å². The van der Waals surface area contributed by atoms with Gasteiger partial charge in [-0.2, -0.15) is 0 Å². The van der Waals surface area contributed by atoms with Crippen LogP contribution < -0.4 is 5.73 Å². The maximum Gasteiger partial charge on any atom is 0.269 e. The van der Waals surface area contributed by atoms with Gasteiger partial charge in [0.25, 0.3) is 5.91 Å². The van der Waals surface area contributed by atoms with Gasteiger partial charge in [-0.25, -0.2) is 4.39 Å². The monoisotopic (exact) mass is 448 g/mol. The lowest BCUT2D eigenvalue weighted by atomic mass is 9.91. The number of nitrogens with one attached hydrogen (secondary N) is 1. The highest BCUT2D eigenvalue weighted by atomic mass is 19.1. The molecule has 0 fully saturated rings. The summed E-state index contributed by atoms with van der Waals surface area (Å²) in [7, 11) is 3.23. The van der Waals surface area contributed by atoms with Crippen molar-refractivity contribution >= 4 is 34.2 Å². The molecule has 0 atom stereocenters. The van der Waals surface area contributed by atoms with Gasteiger partial charge in [-0.3, -0.25) is 14.4 Å². The van der Waals surface area contributed by atoms with E-state index >= 15 is 4.39 Å². The number of nitrogens with zero attached hydrogens (tertiary/aromatic N) is 2. The van der Waals surface area contributed by atoms with Gasteiger partial charge in [0.2, 0.25) is 11.8 Å². The van der Waals surface area contributed by atoms with E-state index in [1.54, 1.807) is 55.4 Å². The number of fused-ring (bicyclic) bond motifs is 1. The summed E-state index contributed by atoms with van der Waals surface area (Å²) in [4.78, 5) is 42.6. The van der Waals surface area contributed by atoms with Crippen LogP contribution in [0.1, 0.15) is 39.8 Å². The van der Waals surface area contributed by atoms with Crippen LogP contribution in [0.4, 0.5) is 4.39 Å². The number of carbonyl (C=O) groups is 3. The molecule has 0 aliphatic carbocycles. The molecule has 0 bridgehead atoms. The van der Waals surface area contributed by atoms with Crippen LogP contribution >= 0.6 is 0 Å². The van der Waals surface area contributed by atoms with Crippen molar-refractivity contribution < 1.29 is 18.8 Å². The Morgan fingerprint density at radius 3 is 2.48 bits per heavy atom. The van der Waals surface area contributed by atoms with Crippen molar-refractivity contribution in [3.63, 3.8) is 0 Å². The molecule has 4 rings (SSSR count). The number of carbonyl (C=O) groups excluding carboxylic acids is 3. The Labute approximate surface area is 190 Å². The minimum Gasteiger partial charge on any atom is -0.366 e. The predicted molar refractivity (Wildman–Crippen MR) is 125 cm³/mol. The Morgan fingerprint density at radius 2 is 1.82 bits per heavy atom. The number of hydrogen-bond donors (Lipinski definition) is 2. The highest BCUT2D eigenvalue weighted by Crippen LogP contribution is 2.38. The normalized spacial score (nSPS) is 13.7. The molecular weight excluding hydrogens is 423 g/mol. The Kier molecular flexibility index (Phi) is 5.76. The van der Waals surface area contributed by atoms with Crippen LogP contribution in [0.25, 0.3) is 27.6 Å². The second-order valence-corrected chi connectivity index (χ2v) is 8.33. The molecule has 1 aliphatic heterocycles. The van der Waals surface area contributed by atoms with Gasteiger partial charge < -0.3 is 20.5 Å². The topological polar surface area (TPSA) is 99.5 Å². The number of rotatable bonds is 4. The second kappa shape index (κ2) is 8.54. The van der Waals surface area contributed by atoms with Crippen LogP contribution in [0.5, 0.6) is 0 Å². The molecule has 0 radical (unpaired) electrons. The quantitative estimate of drug-likeness (QED) is 0.640. The van der Waals surface area contributed by atoms with Crippen LogP contribution in [-0.2, 0) is 4.79 Å². The Morgan fingerprint density at radius 1 is 1.09 bits per heavy atom. The number of halogens is 1. The Balaban J connectivity index is 2.01. The molecule has 3 amide bonds. The minimum absolute atomic E-state index is 0.0832. The van der Waals surface area contributed by atoms with Gasteiger partial charge in [0.15, 0.2) is 5.82 Å². The number of amides is 3. The average molecular weight is 448 g/mol. The predicted octanol–water partition coefficient (Wildman–Crippen LogP) is 3.41. The van der Waals surface area contributed by atoms with Gasteiger partial charge in [0, 0.05) is 50.6 Å².